The van der Waals surface area contributed by atoms with Gasteiger partial charge >= 0.3 is 0 Å². The van der Waals surface area contributed by atoms with E-state index in [4.69, 9.17) is 11.6 Å². The Bertz CT molecular complexity index is 1640. The van der Waals surface area contributed by atoms with Crippen molar-refractivity contribution in [2.24, 2.45) is 4.99 Å². The molecule has 35 heavy (non-hydrogen) atoms. The number of hydrogen-bond donors (Lipinski definition) is 1. The van der Waals surface area contributed by atoms with Crippen LogP contribution in [-0.4, -0.2) is 10.5 Å². The molecule has 5 rings (SSSR count). The second-order valence-corrected chi connectivity index (χ2v) is 10.7. The van der Waals surface area contributed by atoms with Gasteiger partial charge in [-0.1, -0.05) is 65.4 Å². The Kier molecular flexibility index (Phi) is 6.73. The molecule has 2 heterocycles. The molecule has 1 aliphatic heterocycles. The number of allylic oxidation sites excluding steroid dienone is 1. The summed E-state index contributed by atoms with van der Waals surface area (Å²) in [6.07, 6.45) is 1.87. The number of nitrogens with zero attached hydrogens (tertiary/aromatic N) is 2. The Balaban J connectivity index is 1.68. The Morgan fingerprint density at radius 2 is 1.83 bits per heavy atom. The minimum absolute atomic E-state index is 0.190. The van der Waals surface area contributed by atoms with Crippen LogP contribution >= 0.6 is 45.5 Å². The monoisotopic (exact) mass is 611 g/mol. The lowest BCUT2D eigenvalue weighted by Gasteiger charge is -2.25. The van der Waals surface area contributed by atoms with Gasteiger partial charge in [-0.3, -0.25) is 14.2 Å². The predicted molar refractivity (Wildman–Crippen MR) is 149 cm³/mol. The minimum atomic E-state index is -0.634. The van der Waals surface area contributed by atoms with Crippen LogP contribution < -0.4 is 20.2 Å². The van der Waals surface area contributed by atoms with Crippen molar-refractivity contribution < 1.29 is 4.79 Å². The Morgan fingerprint density at radius 3 is 2.54 bits per heavy atom. The third-order valence-electron chi connectivity index (χ3n) is 5.63. The average molecular weight is 612 g/mol. The normalized spacial score (nSPS) is 15.5. The first-order chi connectivity index (χ1) is 16.9. The topological polar surface area (TPSA) is 63.5 Å². The van der Waals surface area contributed by atoms with Crippen LogP contribution in [0.1, 0.15) is 24.1 Å². The molecule has 5 nitrogen and oxygen atoms in total. The molecule has 1 N–H and O–H groups in total. The van der Waals surface area contributed by atoms with Crippen LogP contribution in [0.4, 0.5) is 5.69 Å². The Hall–Kier alpha value is -3.01. The molecule has 1 amide bonds. The van der Waals surface area contributed by atoms with Crippen LogP contribution in [0.2, 0.25) is 5.02 Å². The zero-order valence-electron chi connectivity index (χ0n) is 18.5. The number of thiazole rings is 1. The van der Waals surface area contributed by atoms with E-state index in [-0.39, 0.29) is 11.5 Å². The van der Waals surface area contributed by atoms with Crippen molar-refractivity contribution in [3.63, 3.8) is 0 Å². The summed E-state index contributed by atoms with van der Waals surface area (Å²) in [5, 5.41) is 3.53. The van der Waals surface area contributed by atoms with Crippen LogP contribution in [0.15, 0.2) is 99.9 Å². The number of carbonyl (C=O) groups excluding carboxylic acids is 1. The molecule has 0 spiro atoms. The van der Waals surface area contributed by atoms with Gasteiger partial charge in [0.15, 0.2) is 4.80 Å². The van der Waals surface area contributed by atoms with E-state index in [1.807, 2.05) is 72.8 Å². The first kappa shape index (κ1) is 23.7. The lowest BCUT2D eigenvalue weighted by Crippen LogP contribution is -2.40. The highest BCUT2D eigenvalue weighted by Gasteiger charge is 2.32. The van der Waals surface area contributed by atoms with E-state index in [1.54, 1.807) is 23.6 Å². The van der Waals surface area contributed by atoms with Gasteiger partial charge in [-0.25, -0.2) is 4.99 Å². The molecular weight excluding hydrogens is 593 g/mol. The maximum atomic E-state index is 13.7. The lowest BCUT2D eigenvalue weighted by atomic mass is 9.95. The number of rotatable bonds is 4. The fourth-order valence-corrected chi connectivity index (χ4v) is 5.78. The zero-order valence-corrected chi connectivity index (χ0v) is 22.3. The molecule has 1 atom stereocenters. The van der Waals surface area contributed by atoms with Gasteiger partial charge in [0.1, 0.15) is 0 Å². The number of fused-ring (bicyclic) bond motifs is 1. The second-order valence-electron chi connectivity index (χ2n) is 8.01. The van der Waals surface area contributed by atoms with E-state index < -0.39 is 6.04 Å². The van der Waals surface area contributed by atoms with E-state index in [9.17, 15) is 9.59 Å². The smallest absolute Gasteiger partial charge is 0.271 e. The maximum absolute atomic E-state index is 13.7. The van der Waals surface area contributed by atoms with Gasteiger partial charge in [0.25, 0.3) is 11.5 Å². The van der Waals surface area contributed by atoms with E-state index in [0.29, 0.717) is 31.3 Å². The number of carbonyl (C=O) groups is 1. The average Bonchev–Trinajstić information content (AvgIpc) is 3.13. The maximum Gasteiger partial charge on any atom is 0.271 e. The van der Waals surface area contributed by atoms with Crippen LogP contribution in [0.3, 0.4) is 0 Å². The van der Waals surface area contributed by atoms with Crippen LogP contribution in [0, 0.1) is 3.57 Å². The molecule has 0 fully saturated rings. The van der Waals surface area contributed by atoms with Crippen molar-refractivity contribution in [1.82, 2.24) is 4.57 Å². The van der Waals surface area contributed by atoms with Gasteiger partial charge in [0, 0.05) is 14.3 Å². The molecule has 0 saturated heterocycles. The van der Waals surface area contributed by atoms with Crippen molar-refractivity contribution in [2.75, 3.05) is 5.32 Å². The fourth-order valence-electron chi connectivity index (χ4n) is 4.04. The van der Waals surface area contributed by atoms with Crippen molar-refractivity contribution in [2.45, 2.75) is 13.0 Å². The number of aromatic nitrogens is 1. The molecule has 174 valence electrons. The molecule has 0 bridgehead atoms. The number of benzene rings is 3. The molecule has 0 saturated carbocycles. The second kappa shape index (κ2) is 9.93. The summed E-state index contributed by atoms with van der Waals surface area (Å²) in [5.41, 5.74) is 3.19. The third-order valence-corrected chi connectivity index (χ3v) is 7.54. The number of amides is 1. The zero-order chi connectivity index (χ0) is 24.5. The number of anilines is 1. The highest BCUT2D eigenvalue weighted by Crippen LogP contribution is 2.31. The summed E-state index contributed by atoms with van der Waals surface area (Å²) in [6.45, 7) is 1.81. The van der Waals surface area contributed by atoms with Crippen LogP contribution in [0.25, 0.3) is 6.08 Å². The summed E-state index contributed by atoms with van der Waals surface area (Å²) in [7, 11) is 0. The summed E-state index contributed by atoms with van der Waals surface area (Å²) >= 11 is 9.71. The number of nitrogens with one attached hydrogen (secondary N) is 1. The molecular formula is C27H19ClIN3O2S. The van der Waals surface area contributed by atoms with E-state index in [2.05, 4.69) is 32.9 Å². The van der Waals surface area contributed by atoms with Crippen molar-refractivity contribution in [3.05, 3.63) is 130 Å². The first-order valence-electron chi connectivity index (χ1n) is 10.8. The minimum Gasteiger partial charge on any atom is -0.322 e. The van der Waals surface area contributed by atoms with Crippen LogP contribution in [0.5, 0.6) is 0 Å². The molecule has 4 aromatic rings. The SMILES string of the molecule is CC1=C(C(=O)Nc2ccccc2)[C@H](c2ccc(Cl)cc2)n2c(s/c(=C/c3cccc(I)c3)c2=O)=N1. The fraction of sp³-hybridized carbons (Fsp3) is 0.0741. The number of halogens is 2. The molecule has 0 radical (unpaired) electrons. The molecule has 1 aromatic heterocycles. The van der Waals surface area contributed by atoms with Crippen molar-refractivity contribution in [1.29, 1.82) is 0 Å². The standard InChI is InChI=1S/C27H19ClIN3O2S/c1-16-23(25(33)31-21-8-3-2-4-9-21)24(18-10-12-19(28)13-11-18)32-26(34)22(35-27(32)30-16)15-17-6-5-7-20(29)14-17/h2-15,24H,1H3,(H,31,33)/b22-15+/t24-/m0/s1. The van der Waals surface area contributed by atoms with Crippen molar-refractivity contribution in [3.8, 4) is 0 Å². The molecule has 0 unspecified atom stereocenters. The summed E-state index contributed by atoms with van der Waals surface area (Å²) in [6, 6.07) is 23.8. The summed E-state index contributed by atoms with van der Waals surface area (Å²) in [5.74, 6) is -0.302. The van der Waals surface area contributed by atoms with Gasteiger partial charge in [-0.05, 0) is 83.1 Å². The highest BCUT2D eigenvalue weighted by atomic mass is 127. The highest BCUT2D eigenvalue weighted by molar-refractivity contribution is 14.1. The molecule has 8 heteroatoms. The Morgan fingerprint density at radius 1 is 1.09 bits per heavy atom. The molecule has 3 aromatic carbocycles. The first-order valence-corrected chi connectivity index (χ1v) is 13.1. The molecule has 1 aliphatic rings. The predicted octanol–water partition coefficient (Wildman–Crippen LogP) is 5.13. The van der Waals surface area contributed by atoms with Crippen LogP contribution in [-0.2, 0) is 4.79 Å². The summed E-state index contributed by atoms with van der Waals surface area (Å²) in [4.78, 5) is 32.4. The van der Waals surface area contributed by atoms with Gasteiger partial charge in [0.05, 0.1) is 21.8 Å². The Labute approximate surface area is 224 Å². The quantitative estimate of drug-likeness (QED) is 0.325. The van der Waals surface area contributed by atoms with Gasteiger partial charge in [0.2, 0.25) is 0 Å². The van der Waals surface area contributed by atoms with Gasteiger partial charge in [-0.15, -0.1) is 0 Å². The number of hydrogen-bond acceptors (Lipinski definition) is 4. The van der Waals surface area contributed by atoms with E-state index >= 15 is 0 Å². The van der Waals surface area contributed by atoms with E-state index in [0.717, 1.165) is 14.7 Å². The van der Waals surface area contributed by atoms with Gasteiger partial charge in [-0.2, -0.15) is 0 Å². The van der Waals surface area contributed by atoms with Crippen molar-refractivity contribution >= 4 is 63.2 Å². The number of para-hydroxylation sites is 1. The third kappa shape index (κ3) is 4.89. The largest absolute Gasteiger partial charge is 0.322 e. The van der Waals surface area contributed by atoms with E-state index in [1.165, 1.54) is 11.3 Å². The lowest BCUT2D eigenvalue weighted by molar-refractivity contribution is -0.113. The molecule has 0 aliphatic carbocycles. The summed E-state index contributed by atoms with van der Waals surface area (Å²) < 4.78 is 3.25. The van der Waals surface area contributed by atoms with Gasteiger partial charge < -0.3 is 5.32 Å².